The molecule has 124 valence electrons. The Morgan fingerprint density at radius 3 is 2.17 bits per heavy atom. The van der Waals surface area contributed by atoms with Crippen LogP contribution in [-0.2, 0) is 11.6 Å². The molecular weight excluding hydrogens is 303 g/mol. The third kappa shape index (κ3) is 0.911. The summed E-state index contributed by atoms with van der Waals surface area (Å²) in [5, 5.41) is 3.34. The summed E-state index contributed by atoms with van der Waals surface area (Å²) in [4.78, 5) is 4.14. The highest BCUT2D eigenvalue weighted by molar-refractivity contribution is 5.61. The van der Waals surface area contributed by atoms with Crippen LogP contribution in [0.4, 0.5) is 13.2 Å². The van der Waals surface area contributed by atoms with Gasteiger partial charge in [0.1, 0.15) is 5.82 Å². The van der Waals surface area contributed by atoms with E-state index in [1.807, 2.05) is 25.5 Å². The number of imidazole rings is 1. The van der Waals surface area contributed by atoms with E-state index in [4.69, 9.17) is 0 Å². The molecule has 6 aliphatic carbocycles. The van der Waals surface area contributed by atoms with Gasteiger partial charge in [-0.1, -0.05) is 0 Å². The maximum absolute atomic E-state index is 13.1. The Morgan fingerprint density at radius 1 is 1.17 bits per heavy atom. The lowest BCUT2D eigenvalue weighted by Crippen LogP contribution is -3.12. The summed E-state index contributed by atoms with van der Waals surface area (Å²) in [7, 11) is 2.01. The SMILES string of the molecule is CNCC12C3C4C1C1C2C3C41c1nc(C(F)(F)F)cn1C(C)C. The molecule has 0 amide bonds. The van der Waals surface area contributed by atoms with E-state index in [-0.39, 0.29) is 11.5 Å². The first-order valence-corrected chi connectivity index (χ1v) is 8.64. The van der Waals surface area contributed by atoms with Crippen molar-refractivity contribution < 1.29 is 13.2 Å². The molecule has 6 saturated carbocycles. The Kier molecular flexibility index (Phi) is 1.86. The number of nitrogens with one attached hydrogen (secondary N) is 1. The van der Waals surface area contributed by atoms with E-state index in [0.717, 1.165) is 30.1 Å². The standard InChI is InChI=1S/C17H20F3N3/c1-6(2)23-4-7(17(18,19)20)22-14(23)16-11-8-12(16)10-13(16)9(11)15(8,10)5-21-3/h4,6,8-13,21H,5H2,1-3H3. The Balaban J connectivity index is 1.41. The first-order chi connectivity index (χ1) is 10.8. The summed E-state index contributed by atoms with van der Waals surface area (Å²) in [6, 6.07) is 0.0282. The number of hydrogen-bond acceptors (Lipinski definition) is 2. The molecule has 0 aromatic carbocycles. The number of alkyl halides is 3. The quantitative estimate of drug-likeness (QED) is 0.923. The zero-order valence-electron chi connectivity index (χ0n) is 13.4. The molecule has 6 fully saturated rings. The monoisotopic (exact) mass is 323 g/mol. The van der Waals surface area contributed by atoms with Crippen molar-refractivity contribution in [1.29, 1.82) is 0 Å². The predicted octanol–water partition coefficient (Wildman–Crippen LogP) is 2.69. The third-order valence-electron chi connectivity index (χ3n) is 8.29. The first-order valence-electron chi connectivity index (χ1n) is 8.64. The van der Waals surface area contributed by atoms with Crippen molar-refractivity contribution in [3.8, 4) is 0 Å². The minimum absolute atomic E-state index is 0.0171. The van der Waals surface area contributed by atoms with Crippen LogP contribution in [0, 0.1) is 40.9 Å². The molecule has 6 heteroatoms. The summed E-state index contributed by atoms with van der Waals surface area (Å²) in [5.41, 5.74) is -0.165. The van der Waals surface area contributed by atoms with Crippen LogP contribution in [0.25, 0.3) is 0 Å². The highest BCUT2D eigenvalue weighted by atomic mass is 19.4. The van der Waals surface area contributed by atoms with Crippen LogP contribution in [0.3, 0.4) is 0 Å². The summed E-state index contributed by atoms with van der Waals surface area (Å²) in [5.74, 6) is 4.91. The molecule has 7 rings (SSSR count). The molecule has 1 aromatic heterocycles. The zero-order chi connectivity index (χ0) is 16.1. The van der Waals surface area contributed by atoms with Gasteiger partial charge in [0, 0.05) is 24.2 Å². The highest BCUT2D eigenvalue weighted by Crippen LogP contribution is 3.09. The summed E-state index contributed by atoms with van der Waals surface area (Å²) < 4.78 is 41.3. The average Bonchev–Trinajstić information content (AvgIpc) is 2.93. The van der Waals surface area contributed by atoms with Crippen LogP contribution in [0.5, 0.6) is 0 Å². The number of halogens is 3. The smallest absolute Gasteiger partial charge is 0.331 e. The lowest BCUT2D eigenvalue weighted by Gasteiger charge is -3.11. The van der Waals surface area contributed by atoms with Crippen LogP contribution in [0.2, 0.25) is 0 Å². The number of nitrogens with zero attached hydrogens (tertiary/aromatic N) is 2. The molecule has 0 saturated heterocycles. The van der Waals surface area contributed by atoms with E-state index < -0.39 is 11.9 Å². The lowest BCUT2D eigenvalue weighted by molar-refractivity contribution is -0.628. The molecule has 0 radical (unpaired) electrons. The van der Waals surface area contributed by atoms with E-state index in [0.29, 0.717) is 23.2 Å². The highest BCUT2D eigenvalue weighted by Gasteiger charge is 3.10. The second-order valence-corrected chi connectivity index (χ2v) is 8.68. The van der Waals surface area contributed by atoms with Gasteiger partial charge in [-0.3, -0.25) is 0 Å². The van der Waals surface area contributed by atoms with E-state index >= 15 is 0 Å². The predicted molar refractivity (Wildman–Crippen MR) is 76.6 cm³/mol. The Hall–Kier alpha value is -1.04. The van der Waals surface area contributed by atoms with Gasteiger partial charge in [-0.25, -0.2) is 4.98 Å². The van der Waals surface area contributed by atoms with Gasteiger partial charge in [-0.05, 0) is 61.8 Å². The van der Waals surface area contributed by atoms with Gasteiger partial charge in [-0.2, -0.15) is 13.2 Å². The van der Waals surface area contributed by atoms with Gasteiger partial charge < -0.3 is 9.88 Å². The van der Waals surface area contributed by atoms with Gasteiger partial charge >= 0.3 is 6.18 Å². The van der Waals surface area contributed by atoms with Crippen LogP contribution < -0.4 is 5.32 Å². The molecule has 3 nitrogen and oxygen atoms in total. The van der Waals surface area contributed by atoms with E-state index in [2.05, 4.69) is 10.3 Å². The van der Waals surface area contributed by atoms with Gasteiger partial charge in [-0.15, -0.1) is 0 Å². The summed E-state index contributed by atoms with van der Waals surface area (Å²) >= 11 is 0. The number of aromatic nitrogens is 2. The van der Waals surface area contributed by atoms with Crippen molar-refractivity contribution in [3.05, 3.63) is 17.7 Å². The van der Waals surface area contributed by atoms with Crippen molar-refractivity contribution in [2.75, 3.05) is 13.6 Å². The molecule has 1 N–H and O–H groups in total. The van der Waals surface area contributed by atoms with Crippen molar-refractivity contribution >= 4 is 0 Å². The van der Waals surface area contributed by atoms with Crippen molar-refractivity contribution in [2.45, 2.75) is 31.5 Å². The maximum Gasteiger partial charge on any atom is 0.434 e. The Labute approximate surface area is 132 Å². The largest absolute Gasteiger partial charge is 0.434 e. The number of rotatable bonds is 4. The molecule has 6 aliphatic rings. The first kappa shape index (κ1) is 13.3. The second-order valence-electron chi connectivity index (χ2n) is 8.68. The molecule has 1 aromatic rings. The van der Waals surface area contributed by atoms with Crippen LogP contribution in [-0.4, -0.2) is 23.1 Å². The fourth-order valence-electron chi connectivity index (χ4n) is 8.10. The minimum atomic E-state index is -4.35. The van der Waals surface area contributed by atoms with Gasteiger partial charge in [0.05, 0.1) is 0 Å². The zero-order valence-corrected chi connectivity index (χ0v) is 13.4. The fraction of sp³-hybridized carbons (Fsp3) is 0.824. The van der Waals surface area contributed by atoms with Crippen molar-refractivity contribution in [2.24, 2.45) is 40.9 Å². The molecule has 0 unspecified atom stereocenters. The number of hydrogen-bond donors (Lipinski definition) is 1. The van der Waals surface area contributed by atoms with Gasteiger partial charge in [0.15, 0.2) is 5.69 Å². The van der Waals surface area contributed by atoms with Crippen LogP contribution >= 0.6 is 0 Å². The molecule has 0 bridgehead atoms. The van der Waals surface area contributed by atoms with Crippen LogP contribution in [0.15, 0.2) is 6.20 Å². The molecular formula is C17H20F3N3. The normalized spacial score (nSPS) is 53.0. The van der Waals surface area contributed by atoms with Crippen molar-refractivity contribution in [1.82, 2.24) is 14.9 Å². The Bertz CT molecular complexity index is 693. The lowest BCUT2D eigenvalue weighted by atomic mass is 8.92. The van der Waals surface area contributed by atoms with E-state index in [9.17, 15) is 13.2 Å². The molecule has 0 spiro atoms. The van der Waals surface area contributed by atoms with Crippen LogP contribution in [0.1, 0.15) is 31.4 Å². The molecule has 23 heavy (non-hydrogen) atoms. The molecule has 0 aliphatic heterocycles. The van der Waals surface area contributed by atoms with Gasteiger partial charge in [0.25, 0.3) is 0 Å². The Morgan fingerprint density at radius 2 is 1.74 bits per heavy atom. The topological polar surface area (TPSA) is 29.9 Å². The van der Waals surface area contributed by atoms with Crippen molar-refractivity contribution in [3.63, 3.8) is 0 Å². The fourth-order valence-corrected chi connectivity index (χ4v) is 8.10. The summed E-state index contributed by atoms with van der Waals surface area (Å²) in [6.45, 7) is 5.00. The molecule has 1 heterocycles. The average molecular weight is 323 g/mol. The third-order valence-corrected chi connectivity index (χ3v) is 8.29. The minimum Gasteiger partial charge on any atom is -0.331 e. The second kappa shape index (κ2) is 3.22. The molecule has 0 atom stereocenters. The van der Waals surface area contributed by atoms with E-state index in [1.54, 1.807) is 0 Å². The van der Waals surface area contributed by atoms with E-state index in [1.165, 1.54) is 6.20 Å². The maximum atomic E-state index is 13.1. The summed E-state index contributed by atoms with van der Waals surface area (Å²) in [6.07, 6.45) is -3.11. The van der Waals surface area contributed by atoms with Gasteiger partial charge in [0.2, 0.25) is 0 Å².